The van der Waals surface area contributed by atoms with E-state index in [4.69, 9.17) is 5.73 Å². The molecule has 0 heterocycles. The van der Waals surface area contributed by atoms with Crippen molar-refractivity contribution in [3.63, 3.8) is 0 Å². The largest absolute Gasteiger partial charge is 0.402 e. The summed E-state index contributed by atoms with van der Waals surface area (Å²) in [7, 11) is 0. The summed E-state index contributed by atoms with van der Waals surface area (Å²) in [6.45, 7) is 8.55. The molecule has 3 rings (SSSR count). The summed E-state index contributed by atoms with van der Waals surface area (Å²) in [5.41, 5.74) is 14.4. The maximum Gasteiger partial charge on any atom is 0.0118 e. The van der Waals surface area contributed by atoms with E-state index >= 15 is 0 Å². The minimum absolute atomic E-state index is 0.628. The molecule has 1 unspecified atom stereocenters. The quantitative estimate of drug-likeness (QED) is 0.855. The second-order valence-corrected chi connectivity index (χ2v) is 6.45. The number of nitrogens with two attached hydrogens (primary N) is 1. The van der Waals surface area contributed by atoms with Gasteiger partial charge in [-0.3, -0.25) is 0 Å². The summed E-state index contributed by atoms with van der Waals surface area (Å²) in [5, 5.41) is 0. The first-order valence-corrected chi connectivity index (χ1v) is 7.88. The fourth-order valence-corrected chi connectivity index (χ4v) is 3.46. The van der Waals surface area contributed by atoms with E-state index in [0.29, 0.717) is 5.92 Å². The Balaban J connectivity index is 2.06. The summed E-state index contributed by atoms with van der Waals surface area (Å²) in [5.74, 6) is 1.45. The lowest BCUT2D eigenvalue weighted by Gasteiger charge is -2.13. The third-order valence-electron chi connectivity index (χ3n) is 5.04. The van der Waals surface area contributed by atoms with Gasteiger partial charge in [0.25, 0.3) is 0 Å². The topological polar surface area (TPSA) is 26.0 Å². The number of rotatable bonds is 4. The molecule has 1 aromatic rings. The number of hydrogen-bond acceptors (Lipinski definition) is 1. The molecule has 0 bridgehead atoms. The normalized spacial score (nSPS) is 21.9. The second kappa shape index (κ2) is 5.12. The van der Waals surface area contributed by atoms with Crippen LogP contribution in [0, 0.1) is 18.8 Å². The van der Waals surface area contributed by atoms with Crippen molar-refractivity contribution in [2.24, 2.45) is 17.6 Å². The van der Waals surface area contributed by atoms with Crippen LogP contribution >= 0.6 is 0 Å². The molecule has 1 atom stereocenters. The van der Waals surface area contributed by atoms with Crippen molar-refractivity contribution in [3.8, 4) is 0 Å². The molecular weight excluding hydrogens is 242 g/mol. The van der Waals surface area contributed by atoms with E-state index in [1.807, 2.05) is 6.08 Å². The van der Waals surface area contributed by atoms with Crippen LogP contribution in [0.1, 0.15) is 54.0 Å². The molecule has 2 N–H and O–H groups in total. The highest BCUT2D eigenvalue weighted by atomic mass is 14.6. The molecule has 106 valence electrons. The molecule has 20 heavy (non-hydrogen) atoms. The summed E-state index contributed by atoms with van der Waals surface area (Å²) in [4.78, 5) is 0. The summed E-state index contributed by atoms with van der Waals surface area (Å²) < 4.78 is 0. The molecule has 2 aliphatic rings. The van der Waals surface area contributed by atoms with Gasteiger partial charge < -0.3 is 5.73 Å². The number of allylic oxidation sites excluding steroid dienone is 1. The number of benzene rings is 1. The molecule has 1 nitrogen and oxygen atoms in total. The van der Waals surface area contributed by atoms with Crippen molar-refractivity contribution in [1.82, 2.24) is 0 Å². The third-order valence-corrected chi connectivity index (χ3v) is 5.04. The Kier molecular flexibility index (Phi) is 3.45. The molecule has 0 spiro atoms. The molecule has 2 aliphatic carbocycles. The first-order valence-electron chi connectivity index (χ1n) is 7.88. The maximum absolute atomic E-state index is 6.23. The smallest absolute Gasteiger partial charge is 0.0118 e. The zero-order chi connectivity index (χ0) is 14.3. The molecule has 0 aliphatic heterocycles. The van der Waals surface area contributed by atoms with E-state index in [9.17, 15) is 0 Å². The van der Waals surface area contributed by atoms with Crippen molar-refractivity contribution < 1.29 is 0 Å². The molecule has 1 aromatic carbocycles. The first-order chi connectivity index (χ1) is 9.63. The van der Waals surface area contributed by atoms with Crippen molar-refractivity contribution in [2.75, 3.05) is 0 Å². The van der Waals surface area contributed by atoms with Crippen LogP contribution in [-0.2, 0) is 12.8 Å². The van der Waals surface area contributed by atoms with Crippen LogP contribution in [0.3, 0.4) is 0 Å². The SMILES string of the molecule is C=Cc1cc2c(c(C)c1/C=C(\N)C1CC1)CC(CC)C2. The van der Waals surface area contributed by atoms with Crippen molar-refractivity contribution in [2.45, 2.75) is 46.0 Å². The molecule has 0 amide bonds. The van der Waals surface area contributed by atoms with Gasteiger partial charge in [0, 0.05) is 5.70 Å². The van der Waals surface area contributed by atoms with E-state index in [-0.39, 0.29) is 0 Å². The Hall–Kier alpha value is -1.50. The predicted octanol–water partition coefficient (Wildman–Crippen LogP) is 4.47. The highest BCUT2D eigenvalue weighted by Crippen LogP contribution is 2.38. The Morgan fingerprint density at radius 1 is 1.40 bits per heavy atom. The molecule has 0 saturated heterocycles. The van der Waals surface area contributed by atoms with Crippen molar-refractivity contribution in [3.05, 3.63) is 46.2 Å². The summed E-state index contributed by atoms with van der Waals surface area (Å²) in [6.07, 6.45) is 10.4. The van der Waals surface area contributed by atoms with Gasteiger partial charge in [-0.25, -0.2) is 0 Å². The highest BCUT2D eigenvalue weighted by Gasteiger charge is 2.26. The van der Waals surface area contributed by atoms with Crippen LogP contribution in [0.2, 0.25) is 0 Å². The van der Waals surface area contributed by atoms with Crippen molar-refractivity contribution >= 4 is 12.2 Å². The molecule has 1 fully saturated rings. The standard InChI is InChI=1S/C19H25N/c1-4-13-8-16-10-14(5-2)18(12(3)17(16)9-13)11-19(20)15-6-7-15/h5,10-11,13,15H,2,4,6-9,20H2,1,3H3/b19-11-. The molecule has 0 radical (unpaired) electrons. The van der Waals surface area contributed by atoms with Crippen LogP contribution < -0.4 is 5.73 Å². The lowest BCUT2D eigenvalue weighted by Crippen LogP contribution is -2.02. The summed E-state index contributed by atoms with van der Waals surface area (Å²) >= 11 is 0. The van der Waals surface area contributed by atoms with Gasteiger partial charge in [0.15, 0.2) is 0 Å². The third kappa shape index (κ3) is 2.30. The van der Waals surface area contributed by atoms with E-state index in [0.717, 1.165) is 11.6 Å². The predicted molar refractivity (Wildman–Crippen MR) is 87.3 cm³/mol. The number of hydrogen-bond donors (Lipinski definition) is 1. The second-order valence-electron chi connectivity index (χ2n) is 6.45. The molecule has 1 heteroatoms. The fourth-order valence-electron chi connectivity index (χ4n) is 3.46. The molecular formula is C19H25N. The van der Waals surface area contributed by atoms with Crippen molar-refractivity contribution in [1.29, 1.82) is 0 Å². The van der Waals surface area contributed by atoms with Crippen LogP contribution in [0.4, 0.5) is 0 Å². The van der Waals surface area contributed by atoms with E-state index in [1.54, 1.807) is 5.56 Å². The minimum atomic E-state index is 0.628. The fraction of sp³-hybridized carbons (Fsp3) is 0.474. The van der Waals surface area contributed by atoms with Gasteiger partial charge in [-0.2, -0.15) is 0 Å². The van der Waals surface area contributed by atoms with Gasteiger partial charge in [0.2, 0.25) is 0 Å². The van der Waals surface area contributed by atoms with Gasteiger partial charge in [-0.05, 0) is 78.3 Å². The maximum atomic E-state index is 6.23. The van der Waals surface area contributed by atoms with Crippen LogP contribution in [-0.4, -0.2) is 0 Å². The average molecular weight is 267 g/mol. The monoisotopic (exact) mass is 267 g/mol. The lowest BCUT2D eigenvalue weighted by atomic mass is 9.92. The highest BCUT2D eigenvalue weighted by molar-refractivity contribution is 5.71. The van der Waals surface area contributed by atoms with Gasteiger partial charge >= 0.3 is 0 Å². The minimum Gasteiger partial charge on any atom is -0.402 e. The molecule has 1 saturated carbocycles. The van der Waals surface area contributed by atoms with E-state index < -0.39 is 0 Å². The van der Waals surface area contributed by atoms with Crippen LogP contribution in [0.25, 0.3) is 12.2 Å². The van der Waals surface area contributed by atoms with Crippen LogP contribution in [0.15, 0.2) is 18.3 Å². The van der Waals surface area contributed by atoms with Gasteiger partial charge in [-0.1, -0.05) is 32.1 Å². The van der Waals surface area contributed by atoms with Gasteiger partial charge in [0.1, 0.15) is 0 Å². The van der Waals surface area contributed by atoms with Crippen LogP contribution in [0.5, 0.6) is 0 Å². The van der Waals surface area contributed by atoms with E-state index in [2.05, 4.69) is 32.6 Å². The van der Waals surface area contributed by atoms with Gasteiger partial charge in [-0.15, -0.1) is 0 Å². The van der Waals surface area contributed by atoms with Gasteiger partial charge in [0.05, 0.1) is 0 Å². The Bertz CT molecular complexity index is 576. The zero-order valence-electron chi connectivity index (χ0n) is 12.7. The molecule has 0 aromatic heterocycles. The lowest BCUT2D eigenvalue weighted by molar-refractivity contribution is 0.542. The summed E-state index contributed by atoms with van der Waals surface area (Å²) in [6, 6.07) is 2.34. The average Bonchev–Trinajstić information content (AvgIpc) is 3.21. The zero-order valence-corrected chi connectivity index (χ0v) is 12.7. The first kappa shape index (κ1) is 13.5. The Morgan fingerprint density at radius 2 is 2.15 bits per heavy atom. The Labute approximate surface area is 122 Å². The Morgan fingerprint density at radius 3 is 2.75 bits per heavy atom. The van der Waals surface area contributed by atoms with E-state index in [1.165, 1.54) is 54.4 Å². The number of fused-ring (bicyclic) bond motifs is 1.